The van der Waals surface area contributed by atoms with Gasteiger partial charge >= 0.3 is 0 Å². The number of thioether (sulfide) groups is 1. The third-order valence-electron chi connectivity index (χ3n) is 3.53. The van der Waals surface area contributed by atoms with Crippen LogP contribution in [0.2, 0.25) is 0 Å². The van der Waals surface area contributed by atoms with E-state index in [4.69, 9.17) is 4.74 Å². The highest BCUT2D eigenvalue weighted by atomic mass is 32.2. The summed E-state index contributed by atoms with van der Waals surface area (Å²) in [7, 11) is 0. The van der Waals surface area contributed by atoms with Gasteiger partial charge in [0.05, 0.1) is 6.61 Å². The lowest BCUT2D eigenvalue weighted by Gasteiger charge is -2.11. The summed E-state index contributed by atoms with van der Waals surface area (Å²) in [4.78, 5) is 1.35. The summed E-state index contributed by atoms with van der Waals surface area (Å²) in [5.41, 5.74) is 1.36. The molecule has 0 saturated carbocycles. The van der Waals surface area contributed by atoms with Gasteiger partial charge < -0.3 is 4.74 Å². The smallest absolute Gasteiger partial charge is 0.117 e. The Kier molecular flexibility index (Phi) is 3.90. The second-order valence-corrected chi connectivity index (χ2v) is 6.08. The fraction of sp³-hybridized carbons (Fsp3) is 0.294. The molecule has 0 spiro atoms. The molecule has 2 heteroatoms. The molecule has 1 atom stereocenters. The van der Waals surface area contributed by atoms with Gasteiger partial charge in [-0.05, 0) is 36.3 Å². The Morgan fingerprint density at radius 1 is 0.947 bits per heavy atom. The van der Waals surface area contributed by atoms with E-state index >= 15 is 0 Å². The SMILES string of the molecule is c1ccc(SCCCC2(c3ccccc3)CO2)cc1. The molecule has 1 aliphatic heterocycles. The first-order valence-corrected chi connectivity index (χ1v) is 7.75. The van der Waals surface area contributed by atoms with Crippen molar-refractivity contribution >= 4 is 11.8 Å². The quantitative estimate of drug-likeness (QED) is 0.436. The standard InChI is InChI=1S/C17H18OS/c1-3-8-15(9-4-1)17(14-18-17)12-7-13-19-16-10-5-2-6-11-16/h1-6,8-11H,7,12-14H2. The van der Waals surface area contributed by atoms with Crippen molar-refractivity contribution in [1.29, 1.82) is 0 Å². The lowest BCUT2D eigenvalue weighted by Crippen LogP contribution is -2.08. The Labute approximate surface area is 119 Å². The van der Waals surface area contributed by atoms with Crippen LogP contribution in [0, 0.1) is 0 Å². The molecule has 1 saturated heterocycles. The van der Waals surface area contributed by atoms with E-state index in [1.807, 2.05) is 11.8 Å². The molecule has 0 N–H and O–H groups in total. The van der Waals surface area contributed by atoms with Crippen molar-refractivity contribution in [3.8, 4) is 0 Å². The highest BCUT2D eigenvalue weighted by molar-refractivity contribution is 7.99. The van der Waals surface area contributed by atoms with Crippen molar-refractivity contribution < 1.29 is 4.74 Å². The fourth-order valence-corrected chi connectivity index (χ4v) is 3.22. The largest absolute Gasteiger partial charge is 0.365 e. The Bertz CT molecular complexity index is 505. The van der Waals surface area contributed by atoms with Crippen LogP contribution in [0.5, 0.6) is 0 Å². The predicted octanol–water partition coefficient (Wildman–Crippen LogP) is 4.48. The molecular formula is C17H18OS. The number of hydrogen-bond donors (Lipinski definition) is 0. The molecule has 2 aromatic rings. The zero-order valence-corrected chi connectivity index (χ0v) is 11.7. The number of hydrogen-bond acceptors (Lipinski definition) is 2. The minimum Gasteiger partial charge on any atom is -0.365 e. The topological polar surface area (TPSA) is 12.5 Å². The molecule has 0 aliphatic carbocycles. The van der Waals surface area contributed by atoms with E-state index in [0.717, 1.165) is 18.8 Å². The van der Waals surface area contributed by atoms with Gasteiger partial charge in [-0.2, -0.15) is 0 Å². The number of rotatable bonds is 6. The monoisotopic (exact) mass is 270 g/mol. The predicted molar refractivity (Wildman–Crippen MR) is 80.5 cm³/mol. The van der Waals surface area contributed by atoms with Crippen molar-refractivity contribution in [2.24, 2.45) is 0 Å². The highest BCUT2D eigenvalue weighted by Gasteiger charge is 2.45. The summed E-state index contributed by atoms with van der Waals surface area (Å²) < 4.78 is 5.73. The Hall–Kier alpha value is -1.25. The summed E-state index contributed by atoms with van der Waals surface area (Å²) in [6.45, 7) is 0.882. The van der Waals surface area contributed by atoms with E-state index in [9.17, 15) is 0 Å². The maximum atomic E-state index is 5.73. The summed E-state index contributed by atoms with van der Waals surface area (Å²) >= 11 is 1.93. The Balaban J connectivity index is 1.48. The van der Waals surface area contributed by atoms with Crippen LogP contribution in [0.15, 0.2) is 65.6 Å². The summed E-state index contributed by atoms with van der Waals surface area (Å²) in [6, 6.07) is 21.2. The lowest BCUT2D eigenvalue weighted by atomic mass is 9.95. The summed E-state index contributed by atoms with van der Waals surface area (Å²) in [5.74, 6) is 1.15. The van der Waals surface area contributed by atoms with E-state index in [0.29, 0.717) is 0 Å². The first kappa shape index (κ1) is 12.8. The molecule has 0 bridgehead atoms. The van der Waals surface area contributed by atoms with E-state index in [1.54, 1.807) is 0 Å². The highest BCUT2D eigenvalue weighted by Crippen LogP contribution is 2.43. The zero-order valence-electron chi connectivity index (χ0n) is 10.9. The van der Waals surface area contributed by atoms with Gasteiger partial charge in [-0.1, -0.05) is 48.5 Å². The van der Waals surface area contributed by atoms with E-state index in [2.05, 4.69) is 60.7 Å². The van der Waals surface area contributed by atoms with Crippen molar-refractivity contribution in [3.63, 3.8) is 0 Å². The van der Waals surface area contributed by atoms with Gasteiger partial charge in [0, 0.05) is 4.90 Å². The summed E-state index contributed by atoms with van der Waals surface area (Å²) in [5, 5.41) is 0. The second-order valence-electron chi connectivity index (χ2n) is 4.91. The average molecular weight is 270 g/mol. The van der Waals surface area contributed by atoms with E-state index in [-0.39, 0.29) is 5.60 Å². The fourth-order valence-electron chi connectivity index (χ4n) is 2.35. The third-order valence-corrected chi connectivity index (χ3v) is 4.63. The molecule has 98 valence electrons. The molecule has 1 fully saturated rings. The molecule has 1 nitrogen and oxygen atoms in total. The van der Waals surface area contributed by atoms with Gasteiger partial charge in [0.25, 0.3) is 0 Å². The van der Waals surface area contributed by atoms with Crippen molar-refractivity contribution in [3.05, 3.63) is 66.2 Å². The lowest BCUT2D eigenvalue weighted by molar-refractivity contribution is 0.291. The molecule has 0 radical (unpaired) electrons. The molecule has 1 aliphatic rings. The maximum Gasteiger partial charge on any atom is 0.117 e. The molecule has 3 rings (SSSR count). The van der Waals surface area contributed by atoms with Crippen LogP contribution in [0.1, 0.15) is 18.4 Å². The number of ether oxygens (including phenoxy) is 1. The Morgan fingerprint density at radius 3 is 2.21 bits per heavy atom. The van der Waals surface area contributed by atoms with Crippen LogP contribution in [0.25, 0.3) is 0 Å². The van der Waals surface area contributed by atoms with Crippen LogP contribution in [0.3, 0.4) is 0 Å². The normalized spacial score (nSPS) is 21.3. The van der Waals surface area contributed by atoms with Gasteiger partial charge in [0.15, 0.2) is 0 Å². The van der Waals surface area contributed by atoms with Gasteiger partial charge in [-0.3, -0.25) is 0 Å². The minimum absolute atomic E-state index is 0.0263. The molecule has 19 heavy (non-hydrogen) atoms. The first-order chi connectivity index (χ1) is 9.39. The number of benzene rings is 2. The van der Waals surface area contributed by atoms with Crippen LogP contribution in [-0.2, 0) is 10.3 Å². The third kappa shape index (κ3) is 3.20. The molecule has 1 unspecified atom stereocenters. The van der Waals surface area contributed by atoms with E-state index < -0.39 is 0 Å². The first-order valence-electron chi connectivity index (χ1n) is 6.76. The molecular weight excluding hydrogens is 252 g/mol. The Morgan fingerprint density at radius 2 is 1.58 bits per heavy atom. The second kappa shape index (κ2) is 5.81. The van der Waals surface area contributed by atoms with Gasteiger partial charge in [-0.15, -0.1) is 11.8 Å². The van der Waals surface area contributed by atoms with Crippen molar-refractivity contribution in [2.45, 2.75) is 23.3 Å². The zero-order chi connectivity index (χ0) is 13.0. The van der Waals surface area contributed by atoms with E-state index in [1.165, 1.54) is 16.9 Å². The van der Waals surface area contributed by atoms with Gasteiger partial charge in [0.2, 0.25) is 0 Å². The summed E-state index contributed by atoms with van der Waals surface area (Å²) in [6.07, 6.45) is 2.31. The molecule has 2 aromatic carbocycles. The van der Waals surface area contributed by atoms with Crippen molar-refractivity contribution in [2.75, 3.05) is 12.4 Å². The van der Waals surface area contributed by atoms with Crippen LogP contribution in [-0.4, -0.2) is 12.4 Å². The average Bonchev–Trinajstić information content (AvgIpc) is 3.27. The van der Waals surface area contributed by atoms with Crippen LogP contribution < -0.4 is 0 Å². The van der Waals surface area contributed by atoms with Crippen molar-refractivity contribution in [1.82, 2.24) is 0 Å². The molecule has 0 aromatic heterocycles. The van der Waals surface area contributed by atoms with Gasteiger partial charge in [-0.25, -0.2) is 0 Å². The van der Waals surface area contributed by atoms with Gasteiger partial charge in [0.1, 0.15) is 5.60 Å². The van der Waals surface area contributed by atoms with Crippen LogP contribution >= 0.6 is 11.8 Å². The maximum absolute atomic E-state index is 5.73. The molecule has 1 heterocycles. The number of epoxide rings is 1. The molecule has 0 amide bonds. The minimum atomic E-state index is 0.0263. The van der Waals surface area contributed by atoms with Crippen LogP contribution in [0.4, 0.5) is 0 Å².